The van der Waals surface area contributed by atoms with Gasteiger partial charge in [0.25, 0.3) is 0 Å². The van der Waals surface area contributed by atoms with Crippen molar-refractivity contribution in [2.24, 2.45) is 0 Å². The summed E-state index contributed by atoms with van der Waals surface area (Å²) in [4.78, 5) is 5.44. The number of hydrogen-bond acceptors (Lipinski definition) is 4. The van der Waals surface area contributed by atoms with Gasteiger partial charge in [-0.3, -0.25) is 0 Å². The second-order valence-electron chi connectivity index (χ2n) is 32.0. The van der Waals surface area contributed by atoms with Crippen LogP contribution < -0.4 is 86.3 Å². The third-order valence-electron chi connectivity index (χ3n) is 24.4. The Morgan fingerprint density at radius 3 is 1.08 bits per heavy atom. The molecular weight excluding hydrogens is 1520 g/mol. The minimum absolute atomic E-state index is 0.126. The number of rotatable bonds is 10. The van der Waals surface area contributed by atoms with Crippen molar-refractivity contribution < 1.29 is 9.47 Å². The zero-order chi connectivity index (χ0) is 76.1. The van der Waals surface area contributed by atoms with E-state index in [1.165, 1.54) is 106 Å². The van der Waals surface area contributed by atoms with E-state index in [9.17, 15) is 0 Å². The van der Waals surface area contributed by atoms with Crippen molar-refractivity contribution in [3.63, 3.8) is 0 Å². The fraction of sp³-hybridized carbons (Fsp3) is 0.0377. The molecule has 9 heteroatoms. The van der Waals surface area contributed by atoms with Crippen molar-refractivity contribution >= 4 is 151 Å². The molecule has 4 nitrogen and oxygen atoms in total. The molecule has 0 saturated carbocycles. The van der Waals surface area contributed by atoms with Crippen LogP contribution in [0.1, 0.15) is 26.3 Å². The Balaban J connectivity index is 0.861. The van der Waals surface area contributed by atoms with Gasteiger partial charge in [0.1, 0.15) is 0 Å². The first-order valence-corrected chi connectivity index (χ1v) is 43.3. The van der Waals surface area contributed by atoms with Gasteiger partial charge in [-0.05, 0) is 0 Å². The first kappa shape index (κ1) is 67.8. The molecule has 0 atom stereocenters. The summed E-state index contributed by atoms with van der Waals surface area (Å²) in [6.45, 7) is 6.41. The van der Waals surface area contributed by atoms with Crippen molar-refractivity contribution in [3.05, 3.63) is 382 Å². The number of anilines is 6. The zero-order valence-corrected chi connectivity index (χ0v) is 67.0. The van der Waals surface area contributed by atoms with E-state index in [4.69, 9.17) is 9.47 Å². The van der Waals surface area contributed by atoms with Crippen molar-refractivity contribution in [2.45, 2.75) is 26.2 Å². The van der Waals surface area contributed by atoms with Crippen molar-refractivity contribution in [1.29, 1.82) is 0 Å². The van der Waals surface area contributed by atoms with Gasteiger partial charge < -0.3 is 0 Å². The summed E-state index contributed by atoms with van der Waals surface area (Å²) in [5, 5.41) is 0. The van der Waals surface area contributed by atoms with E-state index in [0.29, 0.717) is 0 Å². The molecule has 0 spiro atoms. The average Bonchev–Trinajstić information content (AvgIpc) is 0.671. The molecule has 0 aromatic heterocycles. The number of hydrogen-bond donors (Lipinski definition) is 0. The van der Waals surface area contributed by atoms with Crippen LogP contribution >= 0.6 is 0 Å². The molecule has 0 saturated heterocycles. The Labute approximate surface area is 685 Å². The number of ether oxygens (including phenoxy) is 2. The number of benzene rings is 17. The molecule has 0 aliphatic carbocycles. The predicted octanol–water partition coefficient (Wildman–Crippen LogP) is 17.6. The number of nitrogens with zero attached hydrogens (tertiary/aromatic N) is 2. The van der Waals surface area contributed by atoms with Crippen molar-refractivity contribution in [1.82, 2.24) is 0 Å². The normalized spacial score (nSPS) is 13.3. The Bertz CT molecular complexity index is 6660. The third-order valence-corrected chi connectivity index (χ3v) is 29.4. The van der Waals surface area contributed by atoms with E-state index >= 15 is 0 Å². The monoisotopic (exact) mass is 1600 g/mol. The zero-order valence-electron chi connectivity index (χ0n) is 63.6. The molecule has 0 amide bonds. The fourth-order valence-electron chi connectivity index (χ4n) is 19.2. The second kappa shape index (κ2) is 26.9. The molecule has 23 rings (SSSR count). The van der Waals surface area contributed by atoms with Crippen LogP contribution in [-0.4, -0.2) is 50.1 Å². The van der Waals surface area contributed by atoms with E-state index in [-0.39, 0.29) is 55.5 Å². The van der Waals surface area contributed by atoms with Crippen LogP contribution in [0.2, 0.25) is 0 Å². The van der Waals surface area contributed by atoms with Gasteiger partial charge in [-0.2, -0.15) is 0 Å². The van der Waals surface area contributed by atoms with Crippen LogP contribution in [-0.2, 0) is 5.41 Å². The summed E-state index contributed by atoms with van der Waals surface area (Å²) in [5.74, 6) is 3.53. The summed E-state index contributed by atoms with van der Waals surface area (Å²) in [7, 11) is 0. The van der Waals surface area contributed by atoms with Gasteiger partial charge in [0.15, 0.2) is 0 Å². The predicted molar refractivity (Wildman–Crippen MR) is 488 cm³/mol. The molecular formula is C106H71B3N2O2Se2. The summed E-state index contributed by atoms with van der Waals surface area (Å²) < 4.78 is 21.6. The van der Waals surface area contributed by atoms with E-state index in [2.05, 4.69) is 407 Å². The molecule has 6 aliphatic rings. The van der Waals surface area contributed by atoms with E-state index in [0.717, 1.165) is 113 Å². The Kier molecular flexibility index (Phi) is 15.9. The molecule has 17 aromatic carbocycles. The summed E-state index contributed by atoms with van der Waals surface area (Å²) in [6.07, 6.45) is 0. The molecule has 0 N–H and O–H groups in total. The third kappa shape index (κ3) is 11.0. The Morgan fingerprint density at radius 1 is 0.243 bits per heavy atom. The van der Waals surface area contributed by atoms with Crippen molar-refractivity contribution in [3.8, 4) is 112 Å². The van der Waals surface area contributed by atoms with E-state index in [1.807, 2.05) is 0 Å². The van der Waals surface area contributed by atoms with Crippen LogP contribution in [0, 0.1) is 0 Å². The van der Waals surface area contributed by atoms with Gasteiger partial charge in [-0.25, -0.2) is 0 Å². The molecule has 115 heavy (non-hydrogen) atoms. The maximum atomic E-state index is 8.24. The Morgan fingerprint density at radius 2 is 0.617 bits per heavy atom. The molecule has 0 unspecified atom stereocenters. The van der Waals surface area contributed by atoms with Crippen LogP contribution in [0.3, 0.4) is 0 Å². The first-order valence-electron chi connectivity index (χ1n) is 39.9. The molecule has 0 fully saturated rings. The summed E-state index contributed by atoms with van der Waals surface area (Å²) in [5.41, 5.74) is 37.5. The van der Waals surface area contributed by atoms with Gasteiger partial charge in [-0.15, -0.1) is 0 Å². The van der Waals surface area contributed by atoms with Gasteiger partial charge in [-0.1, -0.05) is 0 Å². The second-order valence-corrected chi connectivity index (χ2v) is 36.5. The Hall–Kier alpha value is -12.8. The molecule has 6 heterocycles. The van der Waals surface area contributed by atoms with E-state index < -0.39 is 0 Å². The van der Waals surface area contributed by atoms with Gasteiger partial charge in [0.2, 0.25) is 0 Å². The summed E-state index contributed by atoms with van der Waals surface area (Å²) in [6, 6.07) is 141. The fourth-order valence-corrected chi connectivity index (χ4v) is 24.3. The topological polar surface area (TPSA) is 24.9 Å². The molecule has 538 valence electrons. The molecule has 0 bridgehead atoms. The first-order chi connectivity index (χ1) is 56.7. The van der Waals surface area contributed by atoms with Crippen LogP contribution in [0.25, 0.3) is 89.0 Å². The standard InChI is InChI=1S/C106H71B3N2O2Se2/c1-106(2,3)78-62-88-97-89(63-78)111(103-81(72-42-24-10-25-43-72)48-29-49-82(103)73-44-26-11-27-45-73)90-64-92-100-105(98(90)108(97)83-58-74(66-30-12-4-13-31-66)50-54-87(83)110(88)102-79(70-38-20-8-21-39-70)46-28-47-80(102)71-40-22-9-23-41-71)115-95-57-53-77(69-36-18-7-19-37-69)61-86(95)109(100)99-93(112-92)65-96-101-104(99)113-91-55-51-75(67-32-14-5-15-33-67)59-84(91)107(101)85-60-76(52-56-94(85)114-96)68-34-16-6-17-35-68/h4-65H,1-3H3. The maximum absolute atomic E-state index is 8.24. The molecule has 6 aliphatic heterocycles. The molecule has 17 aromatic rings. The van der Waals surface area contributed by atoms with Crippen LogP contribution in [0.15, 0.2) is 376 Å². The summed E-state index contributed by atoms with van der Waals surface area (Å²) >= 11 is -0.438. The van der Waals surface area contributed by atoms with Crippen LogP contribution in [0.5, 0.6) is 23.0 Å². The molecule has 0 radical (unpaired) electrons. The number of para-hydroxylation sites is 2. The number of fused-ring (bicyclic) bond motifs is 14. The minimum atomic E-state index is -0.330. The van der Waals surface area contributed by atoms with Gasteiger partial charge in [0.05, 0.1) is 0 Å². The van der Waals surface area contributed by atoms with Gasteiger partial charge >= 0.3 is 690 Å². The van der Waals surface area contributed by atoms with Gasteiger partial charge in [0, 0.05) is 0 Å². The van der Waals surface area contributed by atoms with E-state index in [1.54, 1.807) is 0 Å². The average molecular weight is 1600 g/mol. The quantitative estimate of drug-likeness (QED) is 0.127. The SMILES string of the molecule is CC(C)(C)c1cc2c3c(c1)N(c1c(-c4ccccc4)cccc1-c1ccccc1)c1cc4c5c(c1B3c1cc(-c3ccccc3)ccc1N2c1c(-c2ccccc2)cccc1-c1ccccc1)[Se]c1ccc(-c2ccccc2)cc1B5c1c(cc2c3c1Oc1ccc(-c5ccccc5)cc1B3c1cc(-c3ccccc3)ccc1[Se]2)O4. The van der Waals surface area contributed by atoms with Crippen molar-refractivity contribution in [2.75, 3.05) is 9.80 Å². The van der Waals surface area contributed by atoms with Crippen LogP contribution in [0.4, 0.5) is 34.1 Å².